The number of hydrogen-bond donors (Lipinski definition) is 2. The van der Waals surface area contributed by atoms with Gasteiger partial charge < -0.3 is 29.6 Å². The predicted octanol–water partition coefficient (Wildman–Crippen LogP) is 3.19. The van der Waals surface area contributed by atoms with Gasteiger partial charge in [-0.25, -0.2) is 0 Å². The maximum Gasteiger partial charge on any atom is 0.191 e. The number of guanidine groups is 1. The number of nitrogens with one attached hydrogen (secondary N) is 2. The van der Waals surface area contributed by atoms with Crippen molar-refractivity contribution in [2.24, 2.45) is 4.99 Å². The van der Waals surface area contributed by atoms with Gasteiger partial charge in [0.2, 0.25) is 0 Å². The molecule has 2 aliphatic rings. The summed E-state index contributed by atoms with van der Waals surface area (Å²) in [7, 11) is 1.77. The average Bonchev–Trinajstić information content (AvgIpc) is 3.17. The minimum atomic E-state index is 0.123. The number of fused-ring (bicyclic) bond motifs is 1. The van der Waals surface area contributed by atoms with Crippen molar-refractivity contribution in [1.82, 2.24) is 10.6 Å². The first-order valence-corrected chi connectivity index (χ1v) is 10.9. The van der Waals surface area contributed by atoms with Crippen LogP contribution in [0.4, 0.5) is 0 Å². The van der Waals surface area contributed by atoms with Crippen molar-refractivity contribution in [2.45, 2.75) is 39.0 Å². The molecule has 1 atom stereocenters. The van der Waals surface area contributed by atoms with E-state index in [4.69, 9.17) is 18.9 Å². The smallest absolute Gasteiger partial charge is 0.191 e. The van der Waals surface area contributed by atoms with Crippen LogP contribution < -0.4 is 24.8 Å². The van der Waals surface area contributed by atoms with Gasteiger partial charge in [-0.2, -0.15) is 0 Å². The number of ether oxygens (including phenoxy) is 4. The second kappa shape index (κ2) is 10.4. The summed E-state index contributed by atoms with van der Waals surface area (Å²) in [6, 6.07) is 12.3. The zero-order chi connectivity index (χ0) is 21.5. The summed E-state index contributed by atoms with van der Waals surface area (Å²) >= 11 is 0. The van der Waals surface area contributed by atoms with Gasteiger partial charge in [-0.05, 0) is 36.2 Å². The Morgan fingerprint density at radius 2 is 1.87 bits per heavy atom. The molecule has 0 amide bonds. The molecule has 1 unspecified atom stereocenters. The molecular weight excluding hydrogens is 394 g/mol. The van der Waals surface area contributed by atoms with Gasteiger partial charge in [-0.3, -0.25) is 4.99 Å². The number of benzene rings is 2. The van der Waals surface area contributed by atoms with Gasteiger partial charge in [0.15, 0.2) is 17.5 Å². The van der Waals surface area contributed by atoms with E-state index in [1.807, 2.05) is 18.2 Å². The van der Waals surface area contributed by atoms with Gasteiger partial charge in [-0.1, -0.05) is 18.2 Å². The molecule has 0 radical (unpaired) electrons. The van der Waals surface area contributed by atoms with E-state index in [-0.39, 0.29) is 6.10 Å². The number of nitrogens with zero attached hydrogens (tertiary/aromatic N) is 1. The van der Waals surface area contributed by atoms with E-state index in [2.05, 4.69) is 40.7 Å². The first-order valence-electron chi connectivity index (χ1n) is 10.9. The summed E-state index contributed by atoms with van der Waals surface area (Å²) in [6.07, 6.45) is 1.95. The maximum atomic E-state index is 6.19. The zero-order valence-corrected chi connectivity index (χ0v) is 18.3. The van der Waals surface area contributed by atoms with E-state index in [0.29, 0.717) is 32.9 Å². The number of aryl methyl sites for hydroxylation is 1. The highest BCUT2D eigenvalue weighted by molar-refractivity contribution is 5.79. The summed E-state index contributed by atoms with van der Waals surface area (Å²) in [5.74, 6) is 3.24. The maximum absolute atomic E-state index is 6.19. The molecule has 0 aliphatic carbocycles. The van der Waals surface area contributed by atoms with Crippen LogP contribution >= 0.6 is 0 Å². The van der Waals surface area contributed by atoms with Crippen molar-refractivity contribution in [2.75, 3.05) is 33.5 Å². The molecule has 2 N–H and O–H groups in total. The third kappa shape index (κ3) is 5.82. The van der Waals surface area contributed by atoms with Crippen LogP contribution in [-0.4, -0.2) is 45.5 Å². The second-order valence-electron chi connectivity index (χ2n) is 7.83. The molecule has 7 nitrogen and oxygen atoms in total. The Morgan fingerprint density at radius 3 is 2.68 bits per heavy atom. The highest BCUT2D eigenvalue weighted by Gasteiger charge is 2.19. The predicted molar refractivity (Wildman–Crippen MR) is 120 cm³/mol. The van der Waals surface area contributed by atoms with Crippen molar-refractivity contribution in [1.29, 1.82) is 0 Å². The Labute approximate surface area is 183 Å². The monoisotopic (exact) mass is 425 g/mol. The average molecular weight is 426 g/mol. The van der Waals surface area contributed by atoms with Crippen LogP contribution in [0.1, 0.15) is 29.5 Å². The quantitative estimate of drug-likeness (QED) is 0.547. The SMILES string of the molecule is CN=C(NCc1ccc2c(c1)OCCCO2)NCc1ccc(C)cc1OC1CCOC1. The Morgan fingerprint density at radius 1 is 1.03 bits per heavy atom. The largest absolute Gasteiger partial charge is 0.490 e. The molecule has 31 heavy (non-hydrogen) atoms. The topological polar surface area (TPSA) is 73.3 Å². The van der Waals surface area contributed by atoms with Gasteiger partial charge in [0.05, 0.1) is 26.4 Å². The fourth-order valence-electron chi connectivity index (χ4n) is 3.61. The first kappa shape index (κ1) is 21.3. The van der Waals surface area contributed by atoms with Gasteiger partial charge in [0.1, 0.15) is 11.9 Å². The molecular formula is C24H31N3O4. The van der Waals surface area contributed by atoms with E-state index in [1.165, 1.54) is 5.56 Å². The number of aliphatic imine (C=N–C) groups is 1. The molecule has 4 rings (SSSR count). The lowest BCUT2D eigenvalue weighted by Crippen LogP contribution is -2.36. The van der Waals surface area contributed by atoms with Crippen LogP contribution in [-0.2, 0) is 17.8 Å². The van der Waals surface area contributed by atoms with E-state index in [0.717, 1.165) is 53.8 Å². The summed E-state index contributed by atoms with van der Waals surface area (Å²) in [6.45, 7) is 6.11. The van der Waals surface area contributed by atoms with Crippen molar-refractivity contribution in [3.63, 3.8) is 0 Å². The molecule has 2 heterocycles. The van der Waals surface area contributed by atoms with Crippen molar-refractivity contribution >= 4 is 5.96 Å². The first-order chi connectivity index (χ1) is 15.2. The van der Waals surface area contributed by atoms with Gasteiger partial charge in [0, 0.05) is 38.5 Å². The van der Waals surface area contributed by atoms with Gasteiger partial charge in [0.25, 0.3) is 0 Å². The van der Waals surface area contributed by atoms with E-state index in [1.54, 1.807) is 7.05 Å². The Balaban J connectivity index is 1.34. The van der Waals surface area contributed by atoms with Crippen LogP contribution in [0, 0.1) is 6.92 Å². The van der Waals surface area contributed by atoms with Gasteiger partial charge >= 0.3 is 0 Å². The van der Waals surface area contributed by atoms with Crippen molar-refractivity contribution < 1.29 is 18.9 Å². The highest BCUT2D eigenvalue weighted by Crippen LogP contribution is 2.30. The van der Waals surface area contributed by atoms with Crippen LogP contribution in [0.25, 0.3) is 0 Å². The van der Waals surface area contributed by atoms with Crippen LogP contribution in [0.3, 0.4) is 0 Å². The zero-order valence-electron chi connectivity index (χ0n) is 18.3. The Kier molecular flexibility index (Phi) is 7.14. The summed E-state index contributed by atoms with van der Waals surface area (Å²) < 4.78 is 23.1. The second-order valence-corrected chi connectivity index (χ2v) is 7.83. The molecule has 0 saturated carbocycles. The summed E-state index contributed by atoms with van der Waals surface area (Å²) in [4.78, 5) is 4.35. The standard InChI is InChI=1S/C24H31N3O4/c1-17-4-6-19(22(12-17)31-20-8-11-28-16-20)15-27-24(25-2)26-14-18-5-7-21-23(13-18)30-10-3-9-29-21/h4-7,12-13,20H,3,8-11,14-16H2,1-2H3,(H2,25,26,27). The molecule has 2 aromatic rings. The normalized spacial score (nSPS) is 18.4. The molecule has 0 aromatic heterocycles. The minimum absolute atomic E-state index is 0.123. The van der Waals surface area contributed by atoms with Crippen LogP contribution in [0.2, 0.25) is 0 Å². The molecule has 0 spiro atoms. The van der Waals surface area contributed by atoms with E-state index >= 15 is 0 Å². The van der Waals surface area contributed by atoms with Crippen molar-refractivity contribution in [3.05, 3.63) is 53.1 Å². The number of rotatable bonds is 6. The molecule has 0 bridgehead atoms. The van der Waals surface area contributed by atoms with E-state index in [9.17, 15) is 0 Å². The third-order valence-corrected chi connectivity index (χ3v) is 5.35. The highest BCUT2D eigenvalue weighted by atomic mass is 16.5. The molecule has 1 saturated heterocycles. The Hall–Kier alpha value is -2.93. The third-order valence-electron chi connectivity index (χ3n) is 5.35. The molecule has 166 valence electrons. The molecule has 2 aromatic carbocycles. The molecule has 7 heteroatoms. The molecule has 2 aliphatic heterocycles. The minimum Gasteiger partial charge on any atom is -0.490 e. The fraction of sp³-hybridized carbons (Fsp3) is 0.458. The fourth-order valence-corrected chi connectivity index (χ4v) is 3.61. The van der Waals surface area contributed by atoms with Gasteiger partial charge in [-0.15, -0.1) is 0 Å². The number of hydrogen-bond acceptors (Lipinski definition) is 5. The van der Waals surface area contributed by atoms with Crippen LogP contribution in [0.15, 0.2) is 41.4 Å². The summed E-state index contributed by atoms with van der Waals surface area (Å²) in [5, 5.41) is 6.75. The van der Waals surface area contributed by atoms with E-state index < -0.39 is 0 Å². The lowest BCUT2D eigenvalue weighted by molar-refractivity contribution is 0.140. The molecule has 1 fully saturated rings. The van der Waals surface area contributed by atoms with Crippen molar-refractivity contribution in [3.8, 4) is 17.2 Å². The van der Waals surface area contributed by atoms with Crippen LogP contribution in [0.5, 0.6) is 17.2 Å². The summed E-state index contributed by atoms with van der Waals surface area (Å²) in [5.41, 5.74) is 3.37. The Bertz CT molecular complexity index is 910. The lowest BCUT2D eigenvalue weighted by atomic mass is 10.1. The lowest BCUT2D eigenvalue weighted by Gasteiger charge is -2.18.